The summed E-state index contributed by atoms with van der Waals surface area (Å²) in [7, 11) is -1.81. The van der Waals surface area contributed by atoms with E-state index in [1.54, 1.807) is 0 Å². The number of sulfonamides is 1. The van der Waals surface area contributed by atoms with Gasteiger partial charge >= 0.3 is 0 Å². The molecule has 0 bridgehead atoms. The minimum atomic E-state index is -3.18. The van der Waals surface area contributed by atoms with Gasteiger partial charge in [-0.3, -0.25) is 0 Å². The van der Waals surface area contributed by atoms with Crippen LogP contribution in [-0.4, -0.2) is 37.7 Å². The molecule has 0 saturated heterocycles. The summed E-state index contributed by atoms with van der Waals surface area (Å²) in [6.45, 7) is 0.266. The van der Waals surface area contributed by atoms with Crippen LogP contribution in [0.4, 0.5) is 11.6 Å². The van der Waals surface area contributed by atoms with Crippen molar-refractivity contribution in [1.29, 1.82) is 0 Å². The Balaban J connectivity index is 2.42. The van der Waals surface area contributed by atoms with Gasteiger partial charge in [0, 0.05) is 6.54 Å². The molecule has 4 N–H and O–H groups in total. The summed E-state index contributed by atoms with van der Waals surface area (Å²) in [6, 6.07) is 0. The summed E-state index contributed by atoms with van der Waals surface area (Å²) in [4.78, 5) is 7.71. The standard InChI is InChI=1S/C7H13N5O2S/c1-9-15(13,14)3-2-10-7-5-11-6(8)4-12-7/h4-5,9H,2-3H2,1H3,(H2,8,11)(H,10,12). The van der Waals surface area contributed by atoms with E-state index in [1.165, 1.54) is 19.4 Å². The fourth-order valence-corrected chi connectivity index (χ4v) is 1.42. The van der Waals surface area contributed by atoms with Crippen molar-refractivity contribution in [2.45, 2.75) is 0 Å². The molecule has 1 aromatic heterocycles. The molecule has 0 unspecified atom stereocenters. The van der Waals surface area contributed by atoms with Gasteiger partial charge in [-0.25, -0.2) is 23.1 Å². The van der Waals surface area contributed by atoms with E-state index >= 15 is 0 Å². The Bertz CT molecular complexity index is 402. The average molecular weight is 231 g/mol. The molecule has 7 nitrogen and oxygen atoms in total. The smallest absolute Gasteiger partial charge is 0.213 e. The Morgan fingerprint density at radius 3 is 2.67 bits per heavy atom. The number of hydrogen-bond donors (Lipinski definition) is 3. The third-order valence-electron chi connectivity index (χ3n) is 1.66. The van der Waals surface area contributed by atoms with Crippen LogP contribution in [0.2, 0.25) is 0 Å². The van der Waals surface area contributed by atoms with E-state index in [-0.39, 0.29) is 12.3 Å². The molecule has 84 valence electrons. The molecule has 0 aromatic carbocycles. The molecule has 8 heteroatoms. The fourth-order valence-electron chi connectivity index (χ4n) is 0.845. The van der Waals surface area contributed by atoms with Crippen LogP contribution in [0, 0.1) is 0 Å². The topological polar surface area (TPSA) is 110 Å². The van der Waals surface area contributed by atoms with Crippen molar-refractivity contribution in [2.24, 2.45) is 0 Å². The molecule has 0 amide bonds. The van der Waals surface area contributed by atoms with Gasteiger partial charge in [0.15, 0.2) is 0 Å². The first-order valence-corrected chi connectivity index (χ1v) is 5.91. The molecular weight excluding hydrogens is 218 g/mol. The highest BCUT2D eigenvalue weighted by Crippen LogP contribution is 2.00. The lowest BCUT2D eigenvalue weighted by molar-refractivity contribution is 0.588. The summed E-state index contributed by atoms with van der Waals surface area (Å²) in [6.07, 6.45) is 2.84. The van der Waals surface area contributed by atoms with Crippen LogP contribution >= 0.6 is 0 Å². The second-order valence-electron chi connectivity index (χ2n) is 2.78. The molecule has 0 spiro atoms. The van der Waals surface area contributed by atoms with Crippen LogP contribution in [0.3, 0.4) is 0 Å². The first-order chi connectivity index (χ1) is 7.03. The Morgan fingerprint density at radius 1 is 1.40 bits per heavy atom. The Hall–Kier alpha value is -1.41. The van der Waals surface area contributed by atoms with Crippen molar-refractivity contribution in [3.8, 4) is 0 Å². The molecule has 1 rings (SSSR count). The zero-order chi connectivity index (χ0) is 11.3. The maximum Gasteiger partial charge on any atom is 0.213 e. The van der Waals surface area contributed by atoms with Crippen LogP contribution in [0.15, 0.2) is 12.4 Å². The van der Waals surface area contributed by atoms with E-state index < -0.39 is 10.0 Å². The molecule has 0 aliphatic carbocycles. The molecule has 1 aromatic rings. The molecule has 0 radical (unpaired) electrons. The van der Waals surface area contributed by atoms with E-state index in [0.29, 0.717) is 11.6 Å². The average Bonchev–Trinajstić information content (AvgIpc) is 2.21. The quantitative estimate of drug-likeness (QED) is 0.601. The monoisotopic (exact) mass is 231 g/mol. The molecule has 15 heavy (non-hydrogen) atoms. The van der Waals surface area contributed by atoms with Crippen molar-refractivity contribution < 1.29 is 8.42 Å². The number of nitrogen functional groups attached to an aromatic ring is 1. The summed E-state index contributed by atoms with van der Waals surface area (Å²) in [5.41, 5.74) is 5.34. The Morgan fingerprint density at radius 2 is 2.13 bits per heavy atom. The van der Waals surface area contributed by atoms with E-state index in [2.05, 4.69) is 20.0 Å². The molecule has 0 aliphatic heterocycles. The minimum Gasteiger partial charge on any atom is -0.382 e. The van der Waals surface area contributed by atoms with Gasteiger partial charge in [-0.05, 0) is 7.05 Å². The van der Waals surface area contributed by atoms with E-state index in [1.807, 2.05) is 0 Å². The molecule has 0 saturated carbocycles. The first-order valence-electron chi connectivity index (χ1n) is 4.26. The number of nitrogens with two attached hydrogens (primary N) is 1. The van der Waals surface area contributed by atoms with E-state index in [4.69, 9.17) is 5.73 Å². The van der Waals surface area contributed by atoms with Gasteiger partial charge in [0.05, 0.1) is 18.1 Å². The molecule has 1 heterocycles. The summed E-state index contributed by atoms with van der Waals surface area (Å²) < 4.78 is 24.3. The van der Waals surface area contributed by atoms with E-state index in [0.717, 1.165) is 0 Å². The highest BCUT2D eigenvalue weighted by atomic mass is 32.2. The zero-order valence-electron chi connectivity index (χ0n) is 8.27. The van der Waals surface area contributed by atoms with Gasteiger partial charge in [0.1, 0.15) is 11.6 Å². The SMILES string of the molecule is CNS(=O)(=O)CCNc1cnc(N)cn1. The summed E-state index contributed by atoms with van der Waals surface area (Å²) in [5.74, 6) is 0.800. The zero-order valence-corrected chi connectivity index (χ0v) is 9.08. The number of rotatable bonds is 5. The van der Waals surface area contributed by atoms with Crippen LogP contribution in [0.1, 0.15) is 0 Å². The number of hydrogen-bond acceptors (Lipinski definition) is 6. The second-order valence-corrected chi connectivity index (χ2v) is 4.82. The number of nitrogens with one attached hydrogen (secondary N) is 2. The predicted molar refractivity (Wildman–Crippen MR) is 57.8 cm³/mol. The normalized spacial score (nSPS) is 11.3. The van der Waals surface area contributed by atoms with Gasteiger partial charge in [0.25, 0.3) is 0 Å². The second kappa shape index (κ2) is 4.89. The molecule has 0 aliphatic rings. The van der Waals surface area contributed by atoms with Crippen LogP contribution < -0.4 is 15.8 Å². The molecule has 0 atom stereocenters. The van der Waals surface area contributed by atoms with Crippen molar-refractivity contribution in [3.63, 3.8) is 0 Å². The van der Waals surface area contributed by atoms with Gasteiger partial charge in [0.2, 0.25) is 10.0 Å². The fraction of sp³-hybridized carbons (Fsp3) is 0.429. The minimum absolute atomic E-state index is 0.0183. The van der Waals surface area contributed by atoms with Crippen LogP contribution in [-0.2, 0) is 10.0 Å². The molecule has 0 fully saturated rings. The number of nitrogens with zero attached hydrogens (tertiary/aromatic N) is 2. The Kier molecular flexibility index (Phi) is 3.81. The van der Waals surface area contributed by atoms with Gasteiger partial charge in [-0.2, -0.15) is 0 Å². The highest BCUT2D eigenvalue weighted by Gasteiger charge is 2.05. The third kappa shape index (κ3) is 4.09. The van der Waals surface area contributed by atoms with Gasteiger partial charge < -0.3 is 11.1 Å². The van der Waals surface area contributed by atoms with Crippen molar-refractivity contribution in [3.05, 3.63) is 12.4 Å². The summed E-state index contributed by atoms with van der Waals surface area (Å²) in [5, 5.41) is 2.81. The molecular formula is C7H13N5O2S. The maximum atomic E-state index is 11.0. The van der Waals surface area contributed by atoms with Gasteiger partial charge in [-0.15, -0.1) is 0 Å². The lowest BCUT2D eigenvalue weighted by atomic mass is 10.6. The van der Waals surface area contributed by atoms with Crippen molar-refractivity contribution in [2.75, 3.05) is 30.4 Å². The third-order valence-corrected chi connectivity index (χ3v) is 3.02. The first kappa shape index (κ1) is 11.7. The van der Waals surface area contributed by atoms with E-state index in [9.17, 15) is 8.42 Å². The maximum absolute atomic E-state index is 11.0. The van der Waals surface area contributed by atoms with Crippen molar-refractivity contribution >= 4 is 21.7 Å². The predicted octanol–water partition coefficient (Wildman–Crippen LogP) is -0.980. The number of aromatic nitrogens is 2. The lowest BCUT2D eigenvalue weighted by Crippen LogP contribution is -2.26. The highest BCUT2D eigenvalue weighted by molar-refractivity contribution is 7.89. The van der Waals surface area contributed by atoms with Crippen molar-refractivity contribution in [1.82, 2.24) is 14.7 Å². The van der Waals surface area contributed by atoms with Crippen LogP contribution in [0.5, 0.6) is 0 Å². The number of anilines is 2. The summed E-state index contributed by atoms with van der Waals surface area (Å²) >= 11 is 0. The Labute approximate surface area is 88.2 Å². The van der Waals surface area contributed by atoms with Gasteiger partial charge in [-0.1, -0.05) is 0 Å². The lowest BCUT2D eigenvalue weighted by Gasteiger charge is -2.05. The largest absolute Gasteiger partial charge is 0.382 e. The van der Waals surface area contributed by atoms with Crippen LogP contribution in [0.25, 0.3) is 0 Å².